The highest BCUT2D eigenvalue weighted by Gasteiger charge is 2.47. The summed E-state index contributed by atoms with van der Waals surface area (Å²) in [5.74, 6) is 0.338. The van der Waals surface area contributed by atoms with E-state index in [1.807, 2.05) is 64.1 Å². The summed E-state index contributed by atoms with van der Waals surface area (Å²) in [7, 11) is 3.15. The number of hydrogen-bond acceptors (Lipinski definition) is 6. The van der Waals surface area contributed by atoms with Gasteiger partial charge in [0, 0.05) is 17.3 Å². The van der Waals surface area contributed by atoms with E-state index in [0.29, 0.717) is 40.7 Å². The monoisotopic (exact) mass is 529 g/mol. The quantitative estimate of drug-likeness (QED) is 0.192. The Kier molecular flexibility index (Phi) is 8.29. The highest BCUT2D eigenvalue weighted by Crippen LogP contribution is 2.44. The lowest BCUT2D eigenvalue weighted by atomic mass is 9.91. The molecule has 204 valence electrons. The van der Waals surface area contributed by atoms with Gasteiger partial charge in [0.1, 0.15) is 23.0 Å². The Hall–Kier alpha value is -4.26. The number of aliphatic hydroxyl groups is 1. The number of hydrogen-bond donors (Lipinski definition) is 1. The van der Waals surface area contributed by atoms with Crippen molar-refractivity contribution in [2.75, 3.05) is 25.7 Å². The third-order valence-corrected chi connectivity index (χ3v) is 6.90. The van der Waals surface area contributed by atoms with Gasteiger partial charge in [0.15, 0.2) is 0 Å². The van der Waals surface area contributed by atoms with Crippen LogP contribution in [0, 0.1) is 6.92 Å². The minimum absolute atomic E-state index is 0.0213. The molecule has 7 nitrogen and oxygen atoms in total. The molecular weight excluding hydrogens is 494 g/mol. The summed E-state index contributed by atoms with van der Waals surface area (Å²) >= 11 is 0. The van der Waals surface area contributed by atoms with E-state index in [1.165, 1.54) is 4.90 Å². The molecule has 0 aliphatic carbocycles. The molecule has 0 spiro atoms. The Balaban J connectivity index is 1.94. The Morgan fingerprint density at radius 1 is 0.974 bits per heavy atom. The fourth-order valence-corrected chi connectivity index (χ4v) is 4.87. The largest absolute Gasteiger partial charge is 0.507 e. The van der Waals surface area contributed by atoms with Gasteiger partial charge < -0.3 is 19.3 Å². The summed E-state index contributed by atoms with van der Waals surface area (Å²) < 4.78 is 16.7. The molecule has 39 heavy (non-hydrogen) atoms. The average molecular weight is 530 g/mol. The summed E-state index contributed by atoms with van der Waals surface area (Å²) in [6, 6.07) is 17.1. The molecule has 1 fully saturated rings. The van der Waals surface area contributed by atoms with Crippen LogP contribution in [0.15, 0.2) is 66.2 Å². The second-order valence-electron chi connectivity index (χ2n) is 9.85. The molecule has 1 heterocycles. The Morgan fingerprint density at radius 2 is 1.69 bits per heavy atom. The third-order valence-electron chi connectivity index (χ3n) is 6.90. The maximum Gasteiger partial charge on any atom is 0.300 e. The van der Waals surface area contributed by atoms with Crippen LogP contribution in [0.1, 0.15) is 61.4 Å². The van der Waals surface area contributed by atoms with Gasteiger partial charge in [-0.15, -0.1) is 0 Å². The number of ether oxygens (including phenoxy) is 3. The van der Waals surface area contributed by atoms with E-state index in [2.05, 4.69) is 0 Å². The zero-order valence-corrected chi connectivity index (χ0v) is 23.3. The first kappa shape index (κ1) is 27.8. The standard InChI is InChI=1S/C32H35NO6/c1-7-15-39-23-13-11-21(12-14-23)29-28(30(34)26-18-25(19(2)3)27(38-6)16-20(26)4)31(35)32(36)33(29)22-9-8-10-24(17-22)37-5/h8-14,16-19,29,34H,7,15H2,1-6H3/b30-28+. The number of Topliss-reactive ketones (excluding diaryl/α,β-unsaturated/α-hetero) is 1. The molecule has 0 bridgehead atoms. The topological polar surface area (TPSA) is 85.3 Å². The molecule has 4 rings (SSSR count). The van der Waals surface area contributed by atoms with E-state index in [9.17, 15) is 14.7 Å². The minimum Gasteiger partial charge on any atom is -0.507 e. The molecule has 0 aromatic heterocycles. The van der Waals surface area contributed by atoms with Gasteiger partial charge in [0.2, 0.25) is 0 Å². The minimum atomic E-state index is -0.860. The van der Waals surface area contributed by atoms with Crippen LogP contribution in [0.5, 0.6) is 17.2 Å². The molecule has 7 heteroatoms. The van der Waals surface area contributed by atoms with Gasteiger partial charge in [0.25, 0.3) is 11.7 Å². The van der Waals surface area contributed by atoms with Crippen LogP contribution in [-0.2, 0) is 9.59 Å². The number of aliphatic hydroxyl groups excluding tert-OH is 1. The summed E-state index contributed by atoms with van der Waals surface area (Å²) in [5.41, 5.74) is 3.27. The summed E-state index contributed by atoms with van der Waals surface area (Å²) in [4.78, 5) is 28.6. The highest BCUT2D eigenvalue weighted by molar-refractivity contribution is 6.51. The lowest BCUT2D eigenvalue weighted by molar-refractivity contribution is -0.132. The van der Waals surface area contributed by atoms with Gasteiger partial charge in [0.05, 0.1) is 32.4 Å². The van der Waals surface area contributed by atoms with E-state index in [-0.39, 0.29) is 17.3 Å². The number of nitrogens with zero attached hydrogens (tertiary/aromatic N) is 1. The maximum absolute atomic E-state index is 13.6. The number of ketones is 1. The first-order valence-electron chi connectivity index (χ1n) is 13.1. The molecule has 0 saturated carbocycles. The van der Waals surface area contributed by atoms with Crippen molar-refractivity contribution in [2.24, 2.45) is 0 Å². The van der Waals surface area contributed by atoms with E-state index in [0.717, 1.165) is 17.5 Å². The van der Waals surface area contributed by atoms with Crippen LogP contribution in [-0.4, -0.2) is 37.6 Å². The van der Waals surface area contributed by atoms with Crippen molar-refractivity contribution in [3.8, 4) is 17.2 Å². The fraction of sp³-hybridized carbons (Fsp3) is 0.312. The first-order chi connectivity index (χ1) is 18.7. The SMILES string of the molecule is CCCOc1ccc(C2/C(=C(\O)c3cc(C(C)C)c(OC)cc3C)C(=O)C(=O)N2c2cccc(OC)c2)cc1. The van der Waals surface area contributed by atoms with E-state index >= 15 is 0 Å². The maximum atomic E-state index is 13.6. The summed E-state index contributed by atoms with van der Waals surface area (Å²) in [5, 5.41) is 11.7. The van der Waals surface area contributed by atoms with Crippen molar-refractivity contribution in [1.82, 2.24) is 0 Å². The predicted molar refractivity (Wildman–Crippen MR) is 152 cm³/mol. The average Bonchev–Trinajstić information content (AvgIpc) is 3.21. The number of carbonyl (C=O) groups excluding carboxylic acids is 2. The van der Waals surface area contributed by atoms with Crippen LogP contribution in [0.4, 0.5) is 5.69 Å². The van der Waals surface area contributed by atoms with Crippen LogP contribution < -0.4 is 19.1 Å². The van der Waals surface area contributed by atoms with Crippen molar-refractivity contribution in [3.05, 3.63) is 88.5 Å². The molecule has 1 amide bonds. The van der Waals surface area contributed by atoms with E-state index in [1.54, 1.807) is 38.5 Å². The number of anilines is 1. The van der Waals surface area contributed by atoms with Gasteiger partial charge in [-0.3, -0.25) is 14.5 Å². The fourth-order valence-electron chi connectivity index (χ4n) is 4.87. The van der Waals surface area contributed by atoms with E-state index in [4.69, 9.17) is 14.2 Å². The lowest BCUT2D eigenvalue weighted by Gasteiger charge is -2.26. The first-order valence-corrected chi connectivity index (χ1v) is 13.1. The van der Waals surface area contributed by atoms with Crippen LogP contribution >= 0.6 is 0 Å². The van der Waals surface area contributed by atoms with Crippen molar-refractivity contribution < 1.29 is 28.9 Å². The third kappa shape index (κ3) is 5.35. The second kappa shape index (κ2) is 11.6. The number of rotatable bonds is 9. The molecule has 1 atom stereocenters. The number of benzene rings is 3. The Labute approximate surface area is 229 Å². The summed E-state index contributed by atoms with van der Waals surface area (Å²) in [6.07, 6.45) is 0.872. The molecule has 1 N–H and O–H groups in total. The van der Waals surface area contributed by atoms with Gasteiger partial charge in [-0.05, 0) is 72.4 Å². The molecule has 1 aliphatic heterocycles. The normalized spacial score (nSPS) is 16.6. The number of amides is 1. The van der Waals surface area contributed by atoms with Gasteiger partial charge in [-0.1, -0.05) is 39.0 Å². The van der Waals surface area contributed by atoms with E-state index < -0.39 is 17.7 Å². The van der Waals surface area contributed by atoms with Crippen molar-refractivity contribution in [2.45, 2.75) is 46.1 Å². The lowest BCUT2D eigenvalue weighted by Crippen LogP contribution is -2.29. The van der Waals surface area contributed by atoms with Gasteiger partial charge in [-0.2, -0.15) is 0 Å². The van der Waals surface area contributed by atoms with Gasteiger partial charge >= 0.3 is 0 Å². The molecule has 0 radical (unpaired) electrons. The van der Waals surface area contributed by atoms with Crippen LogP contribution in [0.2, 0.25) is 0 Å². The number of methoxy groups -OCH3 is 2. The Bertz CT molecular complexity index is 1410. The van der Waals surface area contributed by atoms with Gasteiger partial charge in [-0.25, -0.2) is 0 Å². The van der Waals surface area contributed by atoms with Crippen molar-refractivity contribution in [1.29, 1.82) is 0 Å². The van der Waals surface area contributed by atoms with Crippen molar-refractivity contribution >= 4 is 23.1 Å². The Morgan fingerprint density at radius 3 is 2.31 bits per heavy atom. The molecule has 1 unspecified atom stereocenters. The van der Waals surface area contributed by atoms with Crippen molar-refractivity contribution in [3.63, 3.8) is 0 Å². The molecule has 1 saturated heterocycles. The van der Waals surface area contributed by atoms with Crippen LogP contribution in [0.25, 0.3) is 5.76 Å². The molecule has 3 aromatic carbocycles. The van der Waals surface area contributed by atoms with Crippen LogP contribution in [0.3, 0.4) is 0 Å². The number of aryl methyl sites for hydroxylation is 1. The summed E-state index contributed by atoms with van der Waals surface area (Å²) in [6.45, 7) is 8.51. The zero-order valence-electron chi connectivity index (χ0n) is 23.3. The zero-order chi connectivity index (χ0) is 28.3. The molecule has 1 aliphatic rings. The smallest absolute Gasteiger partial charge is 0.300 e. The molecule has 3 aromatic rings. The highest BCUT2D eigenvalue weighted by atomic mass is 16.5. The molecular formula is C32H35NO6. The number of carbonyl (C=O) groups is 2. The second-order valence-corrected chi connectivity index (χ2v) is 9.85. The predicted octanol–water partition coefficient (Wildman–Crippen LogP) is 6.55.